The predicted octanol–water partition coefficient (Wildman–Crippen LogP) is 2.56. The zero-order valence-electron chi connectivity index (χ0n) is 13.5. The van der Waals surface area contributed by atoms with Gasteiger partial charge in [-0.3, -0.25) is 14.6 Å². The number of amides is 2. The van der Waals surface area contributed by atoms with Crippen molar-refractivity contribution in [2.45, 2.75) is 24.1 Å². The second-order valence-electron chi connectivity index (χ2n) is 5.58. The Morgan fingerprint density at radius 3 is 3.00 bits per heavy atom. The van der Waals surface area contributed by atoms with Crippen LogP contribution in [-0.4, -0.2) is 39.5 Å². The Hall–Kier alpha value is -1.93. The van der Waals surface area contributed by atoms with Crippen molar-refractivity contribution < 1.29 is 9.59 Å². The highest BCUT2D eigenvalue weighted by Crippen LogP contribution is 2.31. The number of carbonyl (C=O) groups excluding carboxylic acids is 2. The van der Waals surface area contributed by atoms with Gasteiger partial charge in [0.1, 0.15) is 0 Å². The van der Waals surface area contributed by atoms with Crippen LogP contribution < -0.4 is 5.32 Å². The highest BCUT2D eigenvalue weighted by atomic mass is 32.2. The fraction of sp³-hybridized carbons (Fsp3) is 0.375. The summed E-state index contributed by atoms with van der Waals surface area (Å²) in [5.74, 6) is -0.502. The van der Waals surface area contributed by atoms with Gasteiger partial charge in [0.15, 0.2) is 5.13 Å². The molecule has 3 heterocycles. The molecule has 0 bridgehead atoms. The molecule has 0 spiro atoms. The lowest BCUT2D eigenvalue weighted by atomic mass is 10.1. The molecule has 2 aromatic rings. The monoisotopic (exact) mass is 362 g/mol. The van der Waals surface area contributed by atoms with Gasteiger partial charge in [-0.15, -0.1) is 11.8 Å². The fourth-order valence-corrected chi connectivity index (χ4v) is 4.23. The van der Waals surface area contributed by atoms with E-state index in [4.69, 9.17) is 0 Å². The van der Waals surface area contributed by atoms with Crippen molar-refractivity contribution in [3.63, 3.8) is 0 Å². The number of aromatic nitrogens is 2. The SMILES string of the molecule is CSc1sc(NC(=O)C2CC(=O)N(Cc3ccccn3)C2)nc1C. The van der Waals surface area contributed by atoms with Crippen molar-refractivity contribution in [2.24, 2.45) is 5.92 Å². The van der Waals surface area contributed by atoms with Gasteiger partial charge in [0.25, 0.3) is 0 Å². The molecule has 6 nitrogen and oxygen atoms in total. The van der Waals surface area contributed by atoms with E-state index in [9.17, 15) is 9.59 Å². The number of hydrogen-bond acceptors (Lipinski definition) is 6. The van der Waals surface area contributed by atoms with E-state index in [0.717, 1.165) is 15.6 Å². The number of nitrogens with one attached hydrogen (secondary N) is 1. The summed E-state index contributed by atoms with van der Waals surface area (Å²) in [6, 6.07) is 5.61. The number of anilines is 1. The van der Waals surface area contributed by atoms with E-state index in [2.05, 4.69) is 15.3 Å². The maximum atomic E-state index is 12.4. The number of nitrogens with zero attached hydrogens (tertiary/aromatic N) is 3. The first kappa shape index (κ1) is 16.9. The van der Waals surface area contributed by atoms with Crippen LogP contribution in [0.1, 0.15) is 17.8 Å². The van der Waals surface area contributed by atoms with Crippen molar-refractivity contribution in [3.8, 4) is 0 Å². The maximum Gasteiger partial charge on any atom is 0.231 e. The lowest BCUT2D eigenvalue weighted by Gasteiger charge is -2.15. The molecule has 1 aliphatic heterocycles. The molecule has 1 saturated heterocycles. The fourth-order valence-electron chi connectivity index (χ4n) is 2.62. The molecular weight excluding hydrogens is 344 g/mol. The molecule has 1 N–H and O–H groups in total. The van der Waals surface area contributed by atoms with Crippen LogP contribution in [-0.2, 0) is 16.1 Å². The molecule has 126 valence electrons. The molecule has 3 rings (SSSR count). The maximum absolute atomic E-state index is 12.4. The second kappa shape index (κ2) is 7.31. The first-order chi connectivity index (χ1) is 11.6. The van der Waals surface area contributed by atoms with Crippen molar-refractivity contribution in [1.82, 2.24) is 14.9 Å². The largest absolute Gasteiger partial charge is 0.336 e. The van der Waals surface area contributed by atoms with Crippen LogP contribution in [0.15, 0.2) is 28.6 Å². The third-order valence-corrected chi connectivity index (χ3v) is 6.12. The van der Waals surface area contributed by atoms with E-state index in [0.29, 0.717) is 18.2 Å². The topological polar surface area (TPSA) is 75.2 Å². The van der Waals surface area contributed by atoms with E-state index in [1.54, 1.807) is 22.9 Å². The van der Waals surface area contributed by atoms with Crippen LogP contribution in [0.3, 0.4) is 0 Å². The Kier molecular flexibility index (Phi) is 5.15. The highest BCUT2D eigenvalue weighted by molar-refractivity contribution is 8.00. The van der Waals surface area contributed by atoms with E-state index in [-0.39, 0.29) is 24.2 Å². The number of thiazole rings is 1. The van der Waals surface area contributed by atoms with Crippen molar-refractivity contribution in [2.75, 3.05) is 18.1 Å². The minimum Gasteiger partial charge on any atom is -0.336 e. The molecule has 24 heavy (non-hydrogen) atoms. The molecular formula is C16H18N4O2S2. The molecule has 0 aliphatic carbocycles. The third kappa shape index (κ3) is 3.76. The van der Waals surface area contributed by atoms with Crippen LogP contribution in [0, 0.1) is 12.8 Å². The van der Waals surface area contributed by atoms with Crippen LogP contribution in [0.25, 0.3) is 0 Å². The number of likely N-dealkylation sites (tertiary alicyclic amines) is 1. The molecule has 1 fully saturated rings. The van der Waals surface area contributed by atoms with E-state index in [1.807, 2.05) is 31.4 Å². The lowest BCUT2D eigenvalue weighted by Crippen LogP contribution is -2.28. The lowest BCUT2D eigenvalue weighted by molar-refractivity contribution is -0.128. The van der Waals surface area contributed by atoms with Gasteiger partial charge in [-0.25, -0.2) is 4.98 Å². The Morgan fingerprint density at radius 2 is 2.33 bits per heavy atom. The van der Waals surface area contributed by atoms with Gasteiger partial charge in [-0.1, -0.05) is 17.4 Å². The number of rotatable bonds is 5. The minimum absolute atomic E-state index is 0.0130. The summed E-state index contributed by atoms with van der Waals surface area (Å²) < 4.78 is 1.09. The third-order valence-electron chi connectivity index (χ3n) is 3.83. The molecule has 8 heteroatoms. The second-order valence-corrected chi connectivity index (χ2v) is 7.66. The van der Waals surface area contributed by atoms with Gasteiger partial charge < -0.3 is 10.2 Å². The normalized spacial score (nSPS) is 17.3. The zero-order chi connectivity index (χ0) is 17.1. The quantitative estimate of drug-likeness (QED) is 0.828. The summed E-state index contributed by atoms with van der Waals surface area (Å²) in [6.45, 7) is 2.78. The van der Waals surface area contributed by atoms with Crippen LogP contribution in [0.5, 0.6) is 0 Å². The average molecular weight is 362 g/mol. The Bertz CT molecular complexity index is 748. The Morgan fingerprint density at radius 1 is 1.50 bits per heavy atom. The van der Waals surface area contributed by atoms with Crippen LogP contribution in [0.4, 0.5) is 5.13 Å². The zero-order valence-corrected chi connectivity index (χ0v) is 15.1. The molecule has 2 aromatic heterocycles. The molecule has 0 radical (unpaired) electrons. The van der Waals surface area contributed by atoms with Gasteiger partial charge >= 0.3 is 0 Å². The standard InChI is InChI=1S/C16H18N4O2S2/c1-10-15(23-2)24-16(18-10)19-14(22)11-7-13(21)20(8-11)9-12-5-3-4-6-17-12/h3-6,11H,7-9H2,1-2H3,(H,18,19,22). The minimum atomic E-state index is -0.344. The smallest absolute Gasteiger partial charge is 0.231 e. The van der Waals surface area contributed by atoms with Crippen LogP contribution >= 0.6 is 23.1 Å². The van der Waals surface area contributed by atoms with Crippen LogP contribution in [0.2, 0.25) is 0 Å². The van der Waals surface area contributed by atoms with Gasteiger partial charge in [0, 0.05) is 19.2 Å². The van der Waals surface area contributed by atoms with Gasteiger partial charge in [0.2, 0.25) is 11.8 Å². The summed E-state index contributed by atoms with van der Waals surface area (Å²) in [7, 11) is 0. The summed E-state index contributed by atoms with van der Waals surface area (Å²) in [5, 5.41) is 3.44. The first-order valence-electron chi connectivity index (χ1n) is 7.56. The molecule has 1 unspecified atom stereocenters. The van der Waals surface area contributed by atoms with E-state index < -0.39 is 0 Å². The Labute approximate surface area is 148 Å². The molecule has 2 amide bonds. The summed E-state index contributed by atoms with van der Waals surface area (Å²) >= 11 is 3.08. The highest BCUT2D eigenvalue weighted by Gasteiger charge is 2.34. The van der Waals surface area contributed by atoms with Crippen molar-refractivity contribution in [1.29, 1.82) is 0 Å². The summed E-state index contributed by atoms with van der Waals surface area (Å²) in [6.07, 6.45) is 3.92. The van der Waals surface area contributed by atoms with E-state index in [1.165, 1.54) is 11.3 Å². The number of thioether (sulfide) groups is 1. The van der Waals surface area contributed by atoms with Crippen molar-refractivity contribution in [3.05, 3.63) is 35.8 Å². The number of pyridine rings is 1. The first-order valence-corrected chi connectivity index (χ1v) is 9.61. The van der Waals surface area contributed by atoms with Gasteiger partial charge in [0.05, 0.1) is 28.1 Å². The molecule has 0 saturated carbocycles. The number of aryl methyl sites for hydroxylation is 1. The van der Waals surface area contributed by atoms with Crippen molar-refractivity contribution >= 4 is 40.0 Å². The number of carbonyl (C=O) groups is 2. The molecule has 1 atom stereocenters. The summed E-state index contributed by atoms with van der Waals surface area (Å²) in [4.78, 5) is 34.8. The average Bonchev–Trinajstić information content (AvgIpc) is 3.11. The molecule has 0 aromatic carbocycles. The number of hydrogen-bond donors (Lipinski definition) is 1. The van der Waals surface area contributed by atoms with E-state index >= 15 is 0 Å². The Balaban J connectivity index is 1.61. The van der Waals surface area contributed by atoms with Gasteiger partial charge in [-0.05, 0) is 25.3 Å². The molecule has 1 aliphatic rings. The summed E-state index contributed by atoms with van der Waals surface area (Å²) in [5.41, 5.74) is 1.74. The predicted molar refractivity (Wildman–Crippen MR) is 95.0 cm³/mol. The van der Waals surface area contributed by atoms with Gasteiger partial charge in [-0.2, -0.15) is 0 Å².